The topological polar surface area (TPSA) is 93.6 Å². The number of azo groups is 1. The molecular formula is C15H10Cl2N4O2. The number of rotatable bonds is 3. The van der Waals surface area contributed by atoms with Gasteiger partial charge in [0.2, 0.25) is 0 Å². The van der Waals surface area contributed by atoms with Crippen molar-refractivity contribution in [3.8, 4) is 17.0 Å². The minimum absolute atomic E-state index is 0.103. The molecule has 1 aromatic heterocycles. The molecule has 2 aromatic carbocycles. The average Bonchev–Trinajstić information content (AvgIpc) is 2.91. The lowest BCUT2D eigenvalue weighted by Crippen LogP contribution is -1.96. The van der Waals surface area contributed by atoms with E-state index in [1.54, 1.807) is 30.3 Å². The Morgan fingerprint density at radius 2 is 1.70 bits per heavy atom. The zero-order valence-corrected chi connectivity index (χ0v) is 13.1. The summed E-state index contributed by atoms with van der Waals surface area (Å²) in [6, 6.07) is 11.3. The minimum atomic E-state index is -0.421. The fourth-order valence-electron chi connectivity index (χ4n) is 1.96. The van der Waals surface area contributed by atoms with Crippen molar-refractivity contribution in [1.29, 1.82) is 0 Å². The molecule has 0 aliphatic heterocycles. The highest BCUT2D eigenvalue weighted by Gasteiger charge is 2.12. The molecule has 0 spiro atoms. The number of nitrogens with one attached hydrogen (secondary N) is 2. The van der Waals surface area contributed by atoms with Gasteiger partial charge in [-0.25, -0.2) is 0 Å². The Labute approximate surface area is 140 Å². The molecule has 3 rings (SSSR count). The van der Waals surface area contributed by atoms with Gasteiger partial charge < -0.3 is 5.11 Å². The van der Waals surface area contributed by atoms with E-state index in [2.05, 4.69) is 20.4 Å². The Morgan fingerprint density at radius 1 is 0.957 bits per heavy atom. The van der Waals surface area contributed by atoms with E-state index in [9.17, 15) is 9.90 Å². The Balaban J connectivity index is 2.02. The van der Waals surface area contributed by atoms with Crippen LogP contribution in [0.5, 0.6) is 5.75 Å². The molecule has 0 aliphatic rings. The lowest BCUT2D eigenvalue weighted by Gasteiger charge is -2.00. The van der Waals surface area contributed by atoms with E-state index in [4.69, 9.17) is 23.2 Å². The van der Waals surface area contributed by atoms with Crippen molar-refractivity contribution in [2.75, 3.05) is 0 Å². The number of aromatic hydroxyl groups is 1. The van der Waals surface area contributed by atoms with Crippen molar-refractivity contribution in [3.05, 3.63) is 62.9 Å². The summed E-state index contributed by atoms with van der Waals surface area (Å²) >= 11 is 12.0. The normalized spacial score (nSPS) is 11.2. The van der Waals surface area contributed by atoms with Crippen molar-refractivity contribution < 1.29 is 5.11 Å². The first-order valence-electron chi connectivity index (χ1n) is 6.52. The smallest absolute Gasteiger partial charge is 0.292 e. The van der Waals surface area contributed by atoms with Gasteiger partial charge in [-0.15, -0.1) is 10.2 Å². The number of halogens is 2. The van der Waals surface area contributed by atoms with Crippen LogP contribution in [0.2, 0.25) is 10.0 Å². The molecule has 8 heteroatoms. The highest BCUT2D eigenvalue weighted by atomic mass is 35.5. The maximum atomic E-state index is 11.9. The molecule has 0 atom stereocenters. The highest BCUT2D eigenvalue weighted by Crippen LogP contribution is 2.33. The van der Waals surface area contributed by atoms with Crippen molar-refractivity contribution >= 4 is 34.6 Å². The van der Waals surface area contributed by atoms with Gasteiger partial charge in [0.15, 0.2) is 5.69 Å². The molecule has 0 amide bonds. The fraction of sp³-hybridized carbons (Fsp3) is 0. The maximum Gasteiger partial charge on any atom is 0.292 e. The van der Waals surface area contributed by atoms with E-state index in [-0.39, 0.29) is 16.5 Å². The van der Waals surface area contributed by atoms with Gasteiger partial charge >= 0.3 is 0 Å². The molecular weight excluding hydrogens is 339 g/mol. The summed E-state index contributed by atoms with van der Waals surface area (Å²) in [6.07, 6.45) is 0. The van der Waals surface area contributed by atoms with Gasteiger partial charge in [-0.1, -0.05) is 29.3 Å². The lowest BCUT2D eigenvalue weighted by atomic mass is 10.1. The van der Waals surface area contributed by atoms with Crippen LogP contribution < -0.4 is 5.56 Å². The molecule has 0 radical (unpaired) electrons. The molecule has 0 bridgehead atoms. The van der Waals surface area contributed by atoms with Crippen LogP contribution in [0.15, 0.2) is 57.5 Å². The fourth-order valence-corrected chi connectivity index (χ4v) is 2.29. The molecule has 1 heterocycles. The third-order valence-electron chi connectivity index (χ3n) is 3.10. The van der Waals surface area contributed by atoms with Crippen LogP contribution >= 0.6 is 23.2 Å². The third kappa shape index (κ3) is 3.13. The summed E-state index contributed by atoms with van der Waals surface area (Å²) in [5.74, 6) is 0.125. The van der Waals surface area contributed by atoms with Crippen LogP contribution in [-0.4, -0.2) is 15.3 Å². The Hall–Kier alpha value is -2.57. The number of hydrogen-bond donors (Lipinski definition) is 3. The summed E-state index contributed by atoms with van der Waals surface area (Å²) in [6.45, 7) is 0. The third-order valence-corrected chi connectivity index (χ3v) is 3.91. The average molecular weight is 349 g/mol. The van der Waals surface area contributed by atoms with Gasteiger partial charge in [0, 0.05) is 5.56 Å². The quantitative estimate of drug-likeness (QED) is 0.593. The number of phenolic OH excluding ortho intramolecular Hbond substituents is 1. The van der Waals surface area contributed by atoms with Crippen LogP contribution in [0.3, 0.4) is 0 Å². The summed E-state index contributed by atoms with van der Waals surface area (Å²) in [5.41, 5.74) is 1.17. The standard InChI is InChI=1S/C15H10Cl2N4O2/c16-10-2-1-3-11(12(10)17)18-20-14-13(19-21-15(14)23)8-4-6-9(22)7-5-8/h1-7,22H,(H2,19,21,23). The Morgan fingerprint density at radius 3 is 2.43 bits per heavy atom. The molecule has 3 aromatic rings. The summed E-state index contributed by atoms with van der Waals surface area (Å²) in [7, 11) is 0. The van der Waals surface area contributed by atoms with Crippen LogP contribution in [0, 0.1) is 0 Å². The largest absolute Gasteiger partial charge is 0.508 e. The molecule has 23 heavy (non-hydrogen) atoms. The van der Waals surface area contributed by atoms with E-state index >= 15 is 0 Å². The Kier molecular flexibility index (Phi) is 4.18. The number of phenols is 1. The van der Waals surface area contributed by atoms with Crippen LogP contribution in [0.25, 0.3) is 11.3 Å². The molecule has 0 aliphatic carbocycles. The summed E-state index contributed by atoms with van der Waals surface area (Å²) < 4.78 is 0. The molecule has 116 valence electrons. The highest BCUT2D eigenvalue weighted by molar-refractivity contribution is 6.43. The van der Waals surface area contributed by atoms with E-state index in [1.165, 1.54) is 12.1 Å². The van der Waals surface area contributed by atoms with Crippen LogP contribution in [0.4, 0.5) is 11.4 Å². The van der Waals surface area contributed by atoms with E-state index in [1.807, 2.05) is 0 Å². The number of benzene rings is 2. The molecule has 3 N–H and O–H groups in total. The van der Waals surface area contributed by atoms with Crippen molar-refractivity contribution in [3.63, 3.8) is 0 Å². The first-order valence-corrected chi connectivity index (χ1v) is 7.27. The zero-order chi connectivity index (χ0) is 16.4. The SMILES string of the molecule is O=c1[nH][nH]c(-c2ccc(O)cc2)c1N=Nc1cccc(Cl)c1Cl. The van der Waals surface area contributed by atoms with Gasteiger partial charge in [0.25, 0.3) is 5.56 Å². The van der Waals surface area contributed by atoms with Gasteiger partial charge in [0.1, 0.15) is 11.4 Å². The summed E-state index contributed by atoms with van der Waals surface area (Å²) in [4.78, 5) is 11.9. The first-order chi connectivity index (χ1) is 11.1. The number of H-pyrrole nitrogens is 2. The second-order valence-corrected chi connectivity index (χ2v) is 5.41. The van der Waals surface area contributed by atoms with Crippen molar-refractivity contribution in [2.45, 2.75) is 0 Å². The van der Waals surface area contributed by atoms with Crippen molar-refractivity contribution in [2.24, 2.45) is 10.2 Å². The molecule has 0 unspecified atom stereocenters. The molecule has 0 fully saturated rings. The van der Waals surface area contributed by atoms with E-state index in [0.29, 0.717) is 22.0 Å². The zero-order valence-electron chi connectivity index (χ0n) is 11.5. The van der Waals surface area contributed by atoms with E-state index in [0.717, 1.165) is 0 Å². The van der Waals surface area contributed by atoms with Gasteiger partial charge in [-0.05, 0) is 36.4 Å². The number of nitrogens with zero attached hydrogens (tertiary/aromatic N) is 2. The predicted molar refractivity (Wildman–Crippen MR) is 89.2 cm³/mol. The summed E-state index contributed by atoms with van der Waals surface area (Å²) in [5, 5.41) is 23.1. The predicted octanol–water partition coefficient (Wildman–Crippen LogP) is 4.80. The first kappa shape index (κ1) is 15.3. The second-order valence-electron chi connectivity index (χ2n) is 4.62. The monoisotopic (exact) mass is 348 g/mol. The van der Waals surface area contributed by atoms with Crippen molar-refractivity contribution in [1.82, 2.24) is 10.2 Å². The van der Waals surface area contributed by atoms with Gasteiger partial charge in [-0.2, -0.15) is 0 Å². The minimum Gasteiger partial charge on any atom is -0.508 e. The van der Waals surface area contributed by atoms with Crippen LogP contribution in [-0.2, 0) is 0 Å². The molecule has 6 nitrogen and oxygen atoms in total. The Bertz CT molecular complexity index is 929. The lowest BCUT2D eigenvalue weighted by molar-refractivity contribution is 0.475. The van der Waals surface area contributed by atoms with Gasteiger partial charge in [0.05, 0.1) is 15.7 Å². The maximum absolute atomic E-state index is 11.9. The number of hydrogen-bond acceptors (Lipinski definition) is 4. The van der Waals surface area contributed by atoms with Crippen LogP contribution in [0.1, 0.15) is 0 Å². The number of aromatic nitrogens is 2. The molecule has 0 saturated carbocycles. The van der Waals surface area contributed by atoms with Gasteiger partial charge in [-0.3, -0.25) is 15.0 Å². The second kappa shape index (κ2) is 6.28. The van der Waals surface area contributed by atoms with E-state index < -0.39 is 5.56 Å². The molecule has 0 saturated heterocycles. The number of aromatic amines is 2.